The monoisotopic (exact) mass is 358 g/mol. The molecule has 2 N–H and O–H groups in total. The fraction of sp³-hybridized carbons (Fsp3) is 0.500. The second-order valence-electron chi connectivity index (χ2n) is 6.69. The summed E-state index contributed by atoms with van der Waals surface area (Å²) in [5.74, 6) is 3.67. The van der Waals surface area contributed by atoms with Crippen LogP contribution in [0.1, 0.15) is 31.5 Å². The topological polar surface area (TPSA) is 68.3 Å². The molecule has 1 heterocycles. The summed E-state index contributed by atoms with van der Waals surface area (Å²) in [6, 6.07) is 7.93. The van der Waals surface area contributed by atoms with E-state index in [2.05, 4.69) is 34.4 Å². The van der Waals surface area contributed by atoms with Crippen molar-refractivity contribution < 1.29 is 9.47 Å². The average molecular weight is 358 g/mol. The van der Waals surface area contributed by atoms with Crippen LogP contribution >= 0.6 is 0 Å². The predicted octanol–water partition coefficient (Wildman–Crippen LogP) is 3.91. The van der Waals surface area contributed by atoms with Crippen LogP contribution in [-0.4, -0.2) is 37.3 Å². The van der Waals surface area contributed by atoms with Crippen LogP contribution in [0.15, 0.2) is 24.3 Å². The molecule has 26 heavy (non-hydrogen) atoms. The molecule has 1 aromatic heterocycles. The van der Waals surface area contributed by atoms with Crippen molar-refractivity contribution in [1.82, 2.24) is 9.97 Å². The van der Waals surface area contributed by atoms with Gasteiger partial charge in [-0.2, -0.15) is 4.98 Å². The van der Waals surface area contributed by atoms with E-state index in [4.69, 9.17) is 9.47 Å². The smallest absolute Gasteiger partial charge is 0.224 e. The fourth-order valence-electron chi connectivity index (χ4n) is 2.58. The summed E-state index contributed by atoms with van der Waals surface area (Å²) >= 11 is 0. The summed E-state index contributed by atoms with van der Waals surface area (Å²) in [4.78, 5) is 9.01. The van der Waals surface area contributed by atoms with E-state index in [-0.39, 0.29) is 0 Å². The molecule has 0 atom stereocenters. The molecule has 0 aliphatic carbocycles. The van der Waals surface area contributed by atoms with Crippen LogP contribution in [0.2, 0.25) is 0 Å². The van der Waals surface area contributed by atoms with E-state index >= 15 is 0 Å². The third kappa shape index (κ3) is 6.10. The number of anilines is 2. The van der Waals surface area contributed by atoms with Crippen molar-refractivity contribution in [2.75, 3.05) is 37.9 Å². The molecule has 0 saturated heterocycles. The SMILES string of the molecule is COc1ccc(CCNc2nc(C)cc(NCCC(C)C)n2)cc1OC. The van der Waals surface area contributed by atoms with Gasteiger partial charge >= 0.3 is 0 Å². The lowest BCUT2D eigenvalue weighted by molar-refractivity contribution is 0.354. The minimum absolute atomic E-state index is 0.650. The average Bonchev–Trinajstić information content (AvgIpc) is 2.61. The maximum Gasteiger partial charge on any atom is 0.224 e. The molecule has 0 aliphatic heterocycles. The second kappa shape index (κ2) is 9.85. The quantitative estimate of drug-likeness (QED) is 0.671. The molecular formula is C20H30N4O2. The third-order valence-electron chi connectivity index (χ3n) is 4.03. The summed E-state index contributed by atoms with van der Waals surface area (Å²) in [5, 5.41) is 6.68. The fourth-order valence-corrected chi connectivity index (χ4v) is 2.58. The van der Waals surface area contributed by atoms with Gasteiger partial charge in [0.05, 0.1) is 14.2 Å². The first-order valence-corrected chi connectivity index (χ1v) is 9.06. The van der Waals surface area contributed by atoms with Gasteiger partial charge in [0, 0.05) is 24.8 Å². The maximum absolute atomic E-state index is 5.35. The van der Waals surface area contributed by atoms with Gasteiger partial charge in [-0.1, -0.05) is 19.9 Å². The molecule has 2 rings (SSSR count). The van der Waals surface area contributed by atoms with Crippen LogP contribution in [0.25, 0.3) is 0 Å². The largest absolute Gasteiger partial charge is 0.493 e. The Labute approximate surface area is 156 Å². The van der Waals surface area contributed by atoms with Gasteiger partial charge in [-0.25, -0.2) is 4.98 Å². The lowest BCUT2D eigenvalue weighted by Crippen LogP contribution is -2.11. The first-order chi connectivity index (χ1) is 12.5. The number of rotatable bonds is 10. The van der Waals surface area contributed by atoms with Crippen molar-refractivity contribution in [2.45, 2.75) is 33.6 Å². The van der Waals surface area contributed by atoms with Crippen LogP contribution < -0.4 is 20.1 Å². The van der Waals surface area contributed by atoms with Crippen molar-refractivity contribution in [2.24, 2.45) is 5.92 Å². The first kappa shape index (κ1) is 19.8. The van der Waals surface area contributed by atoms with Crippen LogP contribution in [0.3, 0.4) is 0 Å². The Morgan fingerprint density at radius 3 is 2.42 bits per heavy atom. The van der Waals surface area contributed by atoms with Gasteiger partial charge in [0.1, 0.15) is 5.82 Å². The van der Waals surface area contributed by atoms with Gasteiger partial charge in [-0.15, -0.1) is 0 Å². The molecule has 0 radical (unpaired) electrons. The van der Waals surface area contributed by atoms with E-state index in [1.807, 2.05) is 31.2 Å². The van der Waals surface area contributed by atoms with Crippen LogP contribution in [0.5, 0.6) is 11.5 Å². The Balaban J connectivity index is 1.91. The molecule has 0 amide bonds. The Hall–Kier alpha value is -2.50. The number of benzene rings is 1. The number of nitrogens with one attached hydrogen (secondary N) is 2. The highest BCUT2D eigenvalue weighted by Gasteiger charge is 2.06. The minimum Gasteiger partial charge on any atom is -0.493 e. The summed E-state index contributed by atoms with van der Waals surface area (Å²) in [5.41, 5.74) is 2.11. The summed E-state index contributed by atoms with van der Waals surface area (Å²) in [6.45, 7) is 8.07. The number of aryl methyl sites for hydroxylation is 1. The molecule has 0 bridgehead atoms. The number of hydrogen-bond acceptors (Lipinski definition) is 6. The lowest BCUT2D eigenvalue weighted by atomic mass is 10.1. The van der Waals surface area contributed by atoms with E-state index in [9.17, 15) is 0 Å². The number of nitrogens with zero attached hydrogens (tertiary/aromatic N) is 2. The minimum atomic E-state index is 0.650. The van der Waals surface area contributed by atoms with Gasteiger partial charge in [0.2, 0.25) is 5.95 Å². The first-order valence-electron chi connectivity index (χ1n) is 9.06. The zero-order valence-electron chi connectivity index (χ0n) is 16.4. The molecule has 0 saturated carbocycles. The molecule has 142 valence electrons. The van der Waals surface area contributed by atoms with Crippen molar-refractivity contribution in [3.63, 3.8) is 0 Å². The second-order valence-corrected chi connectivity index (χ2v) is 6.69. The van der Waals surface area contributed by atoms with Crippen molar-refractivity contribution in [3.8, 4) is 11.5 Å². The normalized spacial score (nSPS) is 10.7. The zero-order valence-corrected chi connectivity index (χ0v) is 16.4. The number of hydrogen-bond donors (Lipinski definition) is 2. The molecular weight excluding hydrogens is 328 g/mol. The van der Waals surface area contributed by atoms with E-state index in [0.717, 1.165) is 54.5 Å². The Bertz CT molecular complexity index is 704. The Kier molecular flexibility index (Phi) is 7.51. The van der Waals surface area contributed by atoms with Gasteiger partial charge < -0.3 is 20.1 Å². The third-order valence-corrected chi connectivity index (χ3v) is 4.03. The molecule has 0 spiro atoms. The molecule has 0 aliphatic rings. The Morgan fingerprint density at radius 1 is 0.962 bits per heavy atom. The highest BCUT2D eigenvalue weighted by molar-refractivity contribution is 5.44. The van der Waals surface area contributed by atoms with Crippen molar-refractivity contribution >= 4 is 11.8 Å². The number of methoxy groups -OCH3 is 2. The van der Waals surface area contributed by atoms with Crippen LogP contribution in [-0.2, 0) is 6.42 Å². The summed E-state index contributed by atoms with van der Waals surface area (Å²) in [7, 11) is 3.29. The van der Waals surface area contributed by atoms with E-state index in [1.54, 1.807) is 14.2 Å². The summed E-state index contributed by atoms with van der Waals surface area (Å²) < 4.78 is 10.6. The molecule has 0 unspecified atom stereocenters. The van der Waals surface area contributed by atoms with E-state index < -0.39 is 0 Å². The van der Waals surface area contributed by atoms with E-state index in [1.165, 1.54) is 0 Å². The Morgan fingerprint density at radius 2 is 1.73 bits per heavy atom. The number of aromatic nitrogens is 2. The maximum atomic E-state index is 5.35. The van der Waals surface area contributed by atoms with Gasteiger partial charge in [0.15, 0.2) is 11.5 Å². The van der Waals surface area contributed by atoms with Crippen molar-refractivity contribution in [3.05, 3.63) is 35.5 Å². The van der Waals surface area contributed by atoms with Gasteiger partial charge in [0.25, 0.3) is 0 Å². The molecule has 6 nitrogen and oxygen atoms in total. The molecule has 1 aromatic carbocycles. The highest BCUT2D eigenvalue weighted by atomic mass is 16.5. The highest BCUT2D eigenvalue weighted by Crippen LogP contribution is 2.27. The van der Waals surface area contributed by atoms with Gasteiger partial charge in [-0.05, 0) is 43.4 Å². The standard InChI is InChI=1S/C20H30N4O2/c1-14(2)8-10-21-19-12-15(3)23-20(24-19)22-11-9-16-6-7-17(25-4)18(13-16)26-5/h6-7,12-14H,8-11H2,1-5H3,(H2,21,22,23,24). The van der Waals surface area contributed by atoms with Crippen molar-refractivity contribution in [1.29, 1.82) is 0 Å². The van der Waals surface area contributed by atoms with Crippen LogP contribution in [0.4, 0.5) is 11.8 Å². The molecule has 0 fully saturated rings. The molecule has 6 heteroatoms. The zero-order chi connectivity index (χ0) is 18.9. The van der Waals surface area contributed by atoms with Crippen LogP contribution in [0, 0.1) is 12.8 Å². The number of ether oxygens (including phenoxy) is 2. The molecule has 2 aromatic rings. The van der Waals surface area contributed by atoms with Gasteiger partial charge in [-0.3, -0.25) is 0 Å². The lowest BCUT2D eigenvalue weighted by Gasteiger charge is -2.12. The predicted molar refractivity (Wildman–Crippen MR) is 106 cm³/mol. The van der Waals surface area contributed by atoms with E-state index in [0.29, 0.717) is 11.9 Å². The summed E-state index contributed by atoms with van der Waals surface area (Å²) in [6.07, 6.45) is 1.96.